The molecule has 1 aromatic carbocycles. The van der Waals surface area contributed by atoms with Crippen molar-refractivity contribution < 1.29 is 23.5 Å². The van der Waals surface area contributed by atoms with Crippen molar-refractivity contribution in [1.82, 2.24) is 9.80 Å². The van der Waals surface area contributed by atoms with Crippen molar-refractivity contribution in [3.05, 3.63) is 41.4 Å². The van der Waals surface area contributed by atoms with Gasteiger partial charge in [0, 0.05) is 24.6 Å². The molecule has 0 radical (unpaired) electrons. The largest absolute Gasteiger partial charge is 0.482 e. The number of morpholine rings is 1. The van der Waals surface area contributed by atoms with Crippen LogP contribution in [0.5, 0.6) is 0 Å². The molecule has 2 aliphatic heterocycles. The lowest BCUT2D eigenvalue weighted by molar-refractivity contribution is -0.154. The Morgan fingerprint density at radius 1 is 1.13 bits per heavy atom. The molecule has 0 spiro atoms. The number of hydrogen-bond acceptors (Lipinski definition) is 4. The first-order chi connectivity index (χ1) is 14.9. The van der Waals surface area contributed by atoms with E-state index in [4.69, 9.17) is 10.5 Å². The van der Waals surface area contributed by atoms with Gasteiger partial charge in [0.05, 0.1) is 6.04 Å². The van der Waals surface area contributed by atoms with Crippen LogP contribution in [0.4, 0.5) is 4.39 Å². The van der Waals surface area contributed by atoms with E-state index in [1.807, 2.05) is 0 Å². The van der Waals surface area contributed by atoms with Crippen LogP contribution in [-0.4, -0.2) is 59.3 Å². The lowest BCUT2D eigenvalue weighted by atomic mass is 9.89. The van der Waals surface area contributed by atoms with E-state index >= 15 is 0 Å². The summed E-state index contributed by atoms with van der Waals surface area (Å²) in [5, 5.41) is 0. The van der Waals surface area contributed by atoms with Crippen molar-refractivity contribution in [3.63, 3.8) is 0 Å². The summed E-state index contributed by atoms with van der Waals surface area (Å²) >= 11 is 0. The number of fused-ring (bicyclic) bond motifs is 1. The molecular formula is C23H28FN3O4. The standard InChI is InChI=1S/C23H28FN3O4/c24-17-6-2-1-5-16(17)13-20-23(30)27(18-7-3-4-8-19(18)31-20)14-21(28)26-11-9-15(10-12-26)22(25)29/h1-2,5-6,13,15,18-19H,3-4,7-12,14H2,(H2,25,29)/b20-13+. The van der Waals surface area contributed by atoms with E-state index in [2.05, 4.69) is 0 Å². The number of piperidine rings is 1. The lowest BCUT2D eigenvalue weighted by Crippen LogP contribution is -2.57. The summed E-state index contributed by atoms with van der Waals surface area (Å²) in [4.78, 5) is 40.9. The summed E-state index contributed by atoms with van der Waals surface area (Å²) in [5.74, 6) is -1.42. The average Bonchev–Trinajstić information content (AvgIpc) is 2.78. The number of amides is 3. The van der Waals surface area contributed by atoms with Gasteiger partial charge in [0.2, 0.25) is 11.8 Å². The fourth-order valence-electron chi connectivity index (χ4n) is 4.75. The lowest BCUT2D eigenvalue weighted by Gasteiger charge is -2.44. The summed E-state index contributed by atoms with van der Waals surface area (Å²) in [5.41, 5.74) is 5.65. The van der Waals surface area contributed by atoms with E-state index in [1.165, 1.54) is 12.1 Å². The molecule has 7 nitrogen and oxygen atoms in total. The molecule has 166 valence electrons. The van der Waals surface area contributed by atoms with Gasteiger partial charge in [-0.25, -0.2) is 4.39 Å². The predicted octanol–water partition coefficient (Wildman–Crippen LogP) is 2.06. The van der Waals surface area contributed by atoms with Crippen LogP contribution in [-0.2, 0) is 19.1 Å². The van der Waals surface area contributed by atoms with Gasteiger partial charge in [0.1, 0.15) is 18.5 Å². The highest BCUT2D eigenvalue weighted by Crippen LogP contribution is 2.33. The summed E-state index contributed by atoms with van der Waals surface area (Å²) < 4.78 is 20.1. The van der Waals surface area contributed by atoms with E-state index < -0.39 is 5.82 Å². The zero-order valence-electron chi connectivity index (χ0n) is 17.5. The molecule has 2 atom stereocenters. The van der Waals surface area contributed by atoms with E-state index in [1.54, 1.807) is 28.0 Å². The topological polar surface area (TPSA) is 92.9 Å². The number of nitrogens with two attached hydrogens (primary N) is 1. The zero-order valence-corrected chi connectivity index (χ0v) is 17.5. The smallest absolute Gasteiger partial charge is 0.289 e. The van der Waals surface area contributed by atoms with E-state index in [0.717, 1.165) is 25.7 Å². The van der Waals surface area contributed by atoms with E-state index in [0.29, 0.717) is 25.9 Å². The van der Waals surface area contributed by atoms with Gasteiger partial charge in [-0.15, -0.1) is 0 Å². The van der Waals surface area contributed by atoms with Gasteiger partial charge in [-0.1, -0.05) is 24.6 Å². The second kappa shape index (κ2) is 9.08. The minimum absolute atomic E-state index is 0.0425. The molecule has 8 heteroatoms. The first-order valence-electron chi connectivity index (χ1n) is 10.9. The third-order valence-corrected chi connectivity index (χ3v) is 6.57. The highest BCUT2D eigenvalue weighted by Gasteiger charge is 2.43. The Bertz CT molecular complexity index is 895. The molecule has 0 aromatic heterocycles. The monoisotopic (exact) mass is 429 g/mol. The summed E-state index contributed by atoms with van der Waals surface area (Å²) in [6, 6.07) is 6.05. The Labute approximate surface area is 181 Å². The first-order valence-corrected chi connectivity index (χ1v) is 10.9. The van der Waals surface area contributed by atoms with Gasteiger partial charge in [-0.3, -0.25) is 14.4 Å². The summed E-state index contributed by atoms with van der Waals surface area (Å²) in [7, 11) is 0. The van der Waals surface area contributed by atoms with Crippen LogP contribution < -0.4 is 5.73 Å². The number of primary amides is 1. The van der Waals surface area contributed by atoms with E-state index in [-0.39, 0.29) is 53.7 Å². The molecule has 2 heterocycles. The molecule has 3 amide bonds. The SMILES string of the molecule is NC(=O)C1CCN(C(=O)CN2C(=O)/C(=C\c3ccccc3F)OC3CCCCC32)CC1. The number of ether oxygens (including phenoxy) is 1. The molecule has 3 fully saturated rings. The van der Waals surface area contributed by atoms with Crippen LogP contribution >= 0.6 is 0 Å². The summed E-state index contributed by atoms with van der Waals surface area (Å²) in [6.45, 7) is 0.868. The number of halogens is 1. The number of rotatable bonds is 4. The van der Waals surface area contributed by atoms with Crippen molar-refractivity contribution in [3.8, 4) is 0 Å². The Hall–Kier alpha value is -2.90. The quantitative estimate of drug-likeness (QED) is 0.742. The maximum atomic E-state index is 14.1. The van der Waals surface area contributed by atoms with Crippen molar-refractivity contribution in [2.45, 2.75) is 50.7 Å². The normalized spacial score (nSPS) is 25.8. The van der Waals surface area contributed by atoms with Crippen LogP contribution in [0, 0.1) is 11.7 Å². The molecule has 2 saturated heterocycles. The van der Waals surface area contributed by atoms with Gasteiger partial charge in [0.15, 0.2) is 5.76 Å². The highest BCUT2D eigenvalue weighted by molar-refractivity contribution is 5.98. The minimum atomic E-state index is -0.433. The van der Waals surface area contributed by atoms with Crippen molar-refractivity contribution in [1.29, 1.82) is 0 Å². The maximum Gasteiger partial charge on any atom is 0.289 e. The van der Waals surface area contributed by atoms with Gasteiger partial charge >= 0.3 is 0 Å². The van der Waals surface area contributed by atoms with Crippen LogP contribution in [0.3, 0.4) is 0 Å². The molecule has 3 aliphatic rings. The predicted molar refractivity (Wildman–Crippen MR) is 112 cm³/mol. The fourth-order valence-corrected chi connectivity index (χ4v) is 4.75. The fraction of sp³-hybridized carbons (Fsp3) is 0.522. The number of benzene rings is 1. The molecule has 2 N–H and O–H groups in total. The second-order valence-corrected chi connectivity index (χ2v) is 8.53. The Morgan fingerprint density at radius 3 is 2.55 bits per heavy atom. The molecular weight excluding hydrogens is 401 g/mol. The zero-order chi connectivity index (χ0) is 22.0. The van der Waals surface area contributed by atoms with Crippen LogP contribution in [0.2, 0.25) is 0 Å². The molecule has 2 unspecified atom stereocenters. The molecule has 4 rings (SSSR count). The summed E-state index contributed by atoms with van der Waals surface area (Å²) in [6.07, 6.45) is 5.85. The van der Waals surface area contributed by atoms with Crippen molar-refractivity contribution >= 4 is 23.8 Å². The van der Waals surface area contributed by atoms with Crippen LogP contribution in [0.25, 0.3) is 6.08 Å². The maximum absolute atomic E-state index is 14.1. The third kappa shape index (κ3) is 4.57. The highest BCUT2D eigenvalue weighted by atomic mass is 19.1. The third-order valence-electron chi connectivity index (χ3n) is 6.57. The number of hydrogen-bond donors (Lipinski definition) is 1. The average molecular weight is 429 g/mol. The molecule has 1 aromatic rings. The van der Waals surface area contributed by atoms with Crippen molar-refractivity contribution in [2.75, 3.05) is 19.6 Å². The molecule has 31 heavy (non-hydrogen) atoms. The number of likely N-dealkylation sites (tertiary alicyclic amines) is 1. The second-order valence-electron chi connectivity index (χ2n) is 8.53. The Kier molecular flexibility index (Phi) is 6.25. The molecule has 1 saturated carbocycles. The van der Waals surface area contributed by atoms with Gasteiger partial charge in [-0.05, 0) is 44.2 Å². The number of carbonyl (C=O) groups excluding carboxylic acids is 3. The minimum Gasteiger partial charge on any atom is -0.482 e. The van der Waals surface area contributed by atoms with Crippen LogP contribution in [0.15, 0.2) is 30.0 Å². The van der Waals surface area contributed by atoms with Gasteiger partial charge in [0.25, 0.3) is 5.91 Å². The van der Waals surface area contributed by atoms with E-state index in [9.17, 15) is 18.8 Å². The van der Waals surface area contributed by atoms with Gasteiger partial charge < -0.3 is 20.3 Å². The first kappa shape index (κ1) is 21.3. The van der Waals surface area contributed by atoms with Crippen LogP contribution in [0.1, 0.15) is 44.1 Å². The Balaban J connectivity index is 1.52. The number of carbonyl (C=O) groups is 3. The molecule has 1 aliphatic carbocycles. The number of nitrogens with zero attached hydrogens (tertiary/aromatic N) is 2. The van der Waals surface area contributed by atoms with Gasteiger partial charge in [-0.2, -0.15) is 0 Å². The molecule has 0 bridgehead atoms. The Morgan fingerprint density at radius 2 is 1.84 bits per heavy atom. The van der Waals surface area contributed by atoms with Crippen molar-refractivity contribution in [2.24, 2.45) is 11.7 Å².